The lowest BCUT2D eigenvalue weighted by atomic mass is 10.2. The van der Waals surface area contributed by atoms with Crippen molar-refractivity contribution in [3.63, 3.8) is 0 Å². The Hall–Kier alpha value is -4.87. The number of carbonyl (C=O) groups excluding carboxylic acids is 2. The molecule has 0 bridgehead atoms. The second-order valence-corrected chi connectivity index (χ2v) is 7.35. The number of aromatic nitrogens is 5. The summed E-state index contributed by atoms with van der Waals surface area (Å²) in [7, 11) is 0. The van der Waals surface area contributed by atoms with Crippen molar-refractivity contribution >= 4 is 23.2 Å². The van der Waals surface area contributed by atoms with Crippen molar-refractivity contribution in [3.05, 3.63) is 94.1 Å². The van der Waals surface area contributed by atoms with Crippen LogP contribution in [0.3, 0.4) is 0 Å². The zero-order valence-electron chi connectivity index (χ0n) is 18.1. The van der Waals surface area contributed by atoms with E-state index in [4.69, 9.17) is 0 Å². The Morgan fingerprint density at radius 3 is 2.71 bits per heavy atom. The second kappa shape index (κ2) is 9.73. The topological polar surface area (TPSA) is 150 Å². The van der Waals surface area contributed by atoms with Crippen LogP contribution >= 0.6 is 0 Å². The molecule has 12 heteroatoms. The summed E-state index contributed by atoms with van der Waals surface area (Å²) in [6.07, 6.45) is 3.29. The van der Waals surface area contributed by atoms with Crippen LogP contribution < -0.4 is 10.6 Å². The highest BCUT2D eigenvalue weighted by Crippen LogP contribution is 2.18. The van der Waals surface area contributed by atoms with E-state index in [0.717, 1.165) is 5.56 Å². The molecule has 12 nitrogen and oxygen atoms in total. The number of hydrogen-bond acceptors (Lipinski definition) is 7. The summed E-state index contributed by atoms with van der Waals surface area (Å²) in [5.74, 6) is -0.666. The van der Waals surface area contributed by atoms with Gasteiger partial charge in [-0.3, -0.25) is 24.4 Å². The molecule has 4 rings (SSSR count). The Balaban J connectivity index is 1.39. The molecule has 0 radical (unpaired) electrons. The Kier molecular flexibility index (Phi) is 6.39. The molecule has 0 saturated carbocycles. The lowest BCUT2D eigenvalue weighted by Crippen LogP contribution is -2.24. The number of rotatable bonds is 8. The van der Waals surface area contributed by atoms with Crippen LogP contribution in [0.5, 0.6) is 0 Å². The summed E-state index contributed by atoms with van der Waals surface area (Å²) in [4.78, 5) is 35.4. The van der Waals surface area contributed by atoms with Crippen molar-refractivity contribution in [2.45, 2.75) is 20.0 Å². The van der Waals surface area contributed by atoms with Gasteiger partial charge in [0.1, 0.15) is 6.54 Å². The molecule has 0 spiro atoms. The van der Waals surface area contributed by atoms with Gasteiger partial charge < -0.3 is 10.6 Å². The Morgan fingerprint density at radius 1 is 1.12 bits per heavy atom. The molecule has 0 saturated heterocycles. The van der Waals surface area contributed by atoms with Crippen molar-refractivity contribution < 1.29 is 14.5 Å². The second-order valence-electron chi connectivity index (χ2n) is 7.35. The number of non-ortho nitro benzene ring substituents is 1. The number of carbonyl (C=O) groups is 2. The molecule has 2 aromatic heterocycles. The highest BCUT2D eigenvalue weighted by molar-refractivity contribution is 5.93. The minimum Gasteiger partial charge on any atom is -0.347 e. The van der Waals surface area contributed by atoms with Crippen LogP contribution in [0.25, 0.3) is 5.69 Å². The molecule has 2 aromatic carbocycles. The van der Waals surface area contributed by atoms with Gasteiger partial charge in [-0.2, -0.15) is 5.10 Å². The third kappa shape index (κ3) is 5.12. The van der Waals surface area contributed by atoms with E-state index in [0.29, 0.717) is 17.1 Å². The van der Waals surface area contributed by atoms with Gasteiger partial charge in [-0.1, -0.05) is 23.4 Å². The summed E-state index contributed by atoms with van der Waals surface area (Å²) in [6, 6.07) is 14.7. The van der Waals surface area contributed by atoms with Crippen LogP contribution in [0.1, 0.15) is 21.7 Å². The van der Waals surface area contributed by atoms with Crippen molar-refractivity contribution in [2.75, 3.05) is 5.32 Å². The van der Waals surface area contributed by atoms with E-state index in [1.807, 2.05) is 6.07 Å². The first-order valence-corrected chi connectivity index (χ1v) is 10.2. The van der Waals surface area contributed by atoms with Gasteiger partial charge in [0, 0.05) is 36.8 Å². The summed E-state index contributed by atoms with van der Waals surface area (Å²) >= 11 is 0. The molecular formula is C22H20N8O4. The zero-order chi connectivity index (χ0) is 24.1. The molecule has 2 N–H and O–H groups in total. The smallest absolute Gasteiger partial charge is 0.274 e. The van der Waals surface area contributed by atoms with Gasteiger partial charge in [-0.15, -0.1) is 5.10 Å². The lowest BCUT2D eigenvalue weighted by Gasteiger charge is -2.09. The fourth-order valence-electron chi connectivity index (χ4n) is 3.29. The zero-order valence-corrected chi connectivity index (χ0v) is 18.1. The van der Waals surface area contributed by atoms with Gasteiger partial charge in [-0.25, -0.2) is 4.68 Å². The predicted octanol–water partition coefficient (Wildman–Crippen LogP) is 2.25. The largest absolute Gasteiger partial charge is 0.347 e. The maximum atomic E-state index is 12.7. The standard InChI is InChI=1S/C22H20N8O4/c1-15-21(26-27-29(15)18-7-3-8-19(12-18)30(33)34)22(32)23-13-16-5-2-6-17(11-16)25-20(31)14-28-10-4-9-24-28/h2-12H,13-14H2,1H3,(H,23,32)(H,25,31). The lowest BCUT2D eigenvalue weighted by molar-refractivity contribution is -0.384. The average molecular weight is 460 g/mol. The monoisotopic (exact) mass is 460 g/mol. The van der Waals surface area contributed by atoms with E-state index in [2.05, 4.69) is 26.0 Å². The quantitative estimate of drug-likeness (QED) is 0.302. The van der Waals surface area contributed by atoms with E-state index < -0.39 is 10.8 Å². The first-order valence-electron chi connectivity index (χ1n) is 10.2. The van der Waals surface area contributed by atoms with E-state index >= 15 is 0 Å². The maximum Gasteiger partial charge on any atom is 0.274 e. The molecule has 2 heterocycles. The van der Waals surface area contributed by atoms with Gasteiger partial charge in [-0.05, 0) is 36.8 Å². The maximum absolute atomic E-state index is 12.7. The van der Waals surface area contributed by atoms with Crippen molar-refractivity contribution in [3.8, 4) is 5.69 Å². The predicted molar refractivity (Wildman–Crippen MR) is 121 cm³/mol. The third-order valence-corrected chi connectivity index (χ3v) is 4.92. The van der Waals surface area contributed by atoms with E-state index in [9.17, 15) is 19.7 Å². The van der Waals surface area contributed by atoms with Crippen LogP contribution in [0, 0.1) is 17.0 Å². The Labute approximate surface area is 193 Å². The molecule has 0 aliphatic rings. The average Bonchev–Trinajstić information content (AvgIpc) is 3.47. The van der Waals surface area contributed by atoms with Crippen molar-refractivity contribution in [2.24, 2.45) is 0 Å². The Morgan fingerprint density at radius 2 is 1.94 bits per heavy atom. The number of hydrogen-bond donors (Lipinski definition) is 2. The summed E-state index contributed by atoms with van der Waals surface area (Å²) < 4.78 is 2.89. The SMILES string of the molecule is Cc1c(C(=O)NCc2cccc(NC(=O)Cn3cccn3)c2)nnn1-c1cccc([N+](=O)[O-])c1. The number of anilines is 1. The molecule has 2 amide bonds. The Bertz CT molecular complexity index is 1350. The molecule has 34 heavy (non-hydrogen) atoms. The van der Waals surface area contributed by atoms with E-state index in [1.54, 1.807) is 49.6 Å². The van der Waals surface area contributed by atoms with Gasteiger partial charge >= 0.3 is 0 Å². The molecule has 0 atom stereocenters. The van der Waals surface area contributed by atoms with Crippen LogP contribution in [-0.2, 0) is 17.9 Å². The first kappa shape index (κ1) is 22.3. The molecule has 0 fully saturated rings. The number of nitro groups is 1. The summed E-state index contributed by atoms with van der Waals surface area (Å²) in [5.41, 5.74) is 2.25. The molecule has 4 aromatic rings. The van der Waals surface area contributed by atoms with Crippen molar-refractivity contribution in [1.82, 2.24) is 30.1 Å². The van der Waals surface area contributed by atoms with Gasteiger partial charge in [0.15, 0.2) is 5.69 Å². The number of benzene rings is 2. The molecule has 0 unspecified atom stereocenters. The molecule has 0 aliphatic carbocycles. The molecule has 172 valence electrons. The molecule has 0 aliphatic heterocycles. The molecular weight excluding hydrogens is 440 g/mol. The number of amides is 2. The van der Waals surface area contributed by atoms with Crippen LogP contribution in [-0.4, -0.2) is 41.5 Å². The summed E-state index contributed by atoms with van der Waals surface area (Å²) in [6.45, 7) is 1.95. The van der Waals surface area contributed by atoms with Crippen LogP contribution in [0.2, 0.25) is 0 Å². The normalized spacial score (nSPS) is 10.6. The van der Waals surface area contributed by atoms with Crippen LogP contribution in [0.15, 0.2) is 67.0 Å². The number of nitrogens with one attached hydrogen (secondary N) is 2. The van der Waals surface area contributed by atoms with Crippen LogP contribution in [0.4, 0.5) is 11.4 Å². The number of nitro benzene ring substituents is 1. The highest BCUT2D eigenvalue weighted by atomic mass is 16.6. The van der Waals surface area contributed by atoms with Gasteiger partial charge in [0.05, 0.1) is 16.3 Å². The van der Waals surface area contributed by atoms with Gasteiger partial charge in [0.25, 0.3) is 11.6 Å². The van der Waals surface area contributed by atoms with Gasteiger partial charge in [0.2, 0.25) is 5.91 Å². The minimum atomic E-state index is -0.503. The summed E-state index contributed by atoms with van der Waals surface area (Å²) in [5, 5.41) is 28.5. The van der Waals surface area contributed by atoms with Crippen molar-refractivity contribution in [1.29, 1.82) is 0 Å². The fraction of sp³-hybridized carbons (Fsp3) is 0.136. The third-order valence-electron chi connectivity index (χ3n) is 4.92. The fourth-order valence-corrected chi connectivity index (χ4v) is 3.29. The first-order chi connectivity index (χ1) is 16.4. The van der Waals surface area contributed by atoms with E-state index in [1.165, 1.54) is 27.6 Å². The highest BCUT2D eigenvalue weighted by Gasteiger charge is 2.18. The van der Waals surface area contributed by atoms with E-state index in [-0.39, 0.29) is 30.4 Å². The minimum absolute atomic E-state index is 0.0880. The number of nitrogens with zero attached hydrogens (tertiary/aromatic N) is 6.